The van der Waals surface area contributed by atoms with E-state index in [4.69, 9.17) is 15.7 Å². The second-order valence-electron chi connectivity index (χ2n) is 10.9. The Morgan fingerprint density at radius 1 is 0.840 bits per heavy atom. The molecule has 0 aliphatic heterocycles. The minimum atomic E-state index is -0.919. The Hall–Kier alpha value is -6.75. The van der Waals surface area contributed by atoms with Crippen LogP contribution in [0.2, 0.25) is 0 Å². The van der Waals surface area contributed by atoms with Crippen LogP contribution in [0.5, 0.6) is 5.75 Å². The van der Waals surface area contributed by atoms with Gasteiger partial charge in [0.25, 0.3) is 5.96 Å². The van der Waals surface area contributed by atoms with Crippen LogP contribution >= 0.6 is 0 Å². The second kappa shape index (κ2) is 19.2. The number of amides is 2. The van der Waals surface area contributed by atoms with E-state index < -0.39 is 22.9 Å². The van der Waals surface area contributed by atoms with Crippen LogP contribution < -0.4 is 31.7 Å². The highest BCUT2D eigenvalue weighted by Crippen LogP contribution is 2.25. The van der Waals surface area contributed by atoms with Crippen molar-refractivity contribution < 1.29 is 19.4 Å². The highest BCUT2D eigenvalue weighted by molar-refractivity contribution is 5.92. The molecule has 0 spiro atoms. The van der Waals surface area contributed by atoms with E-state index in [-0.39, 0.29) is 43.9 Å². The van der Waals surface area contributed by atoms with Crippen LogP contribution in [0.15, 0.2) is 125 Å². The zero-order chi connectivity index (χ0) is 35.6. The fraction of sp³-hybridized carbons (Fsp3) is 0.194. The quantitative estimate of drug-likeness (QED) is 0.0237. The molecule has 6 N–H and O–H groups in total. The lowest BCUT2D eigenvalue weighted by molar-refractivity contribution is -0.485. The van der Waals surface area contributed by atoms with E-state index in [0.717, 1.165) is 22.3 Å². The van der Waals surface area contributed by atoms with E-state index in [2.05, 4.69) is 31.4 Å². The first kappa shape index (κ1) is 36.1. The smallest absolute Gasteiger partial charge is 0.304 e. The highest BCUT2D eigenvalue weighted by atomic mass is 16.7. The summed E-state index contributed by atoms with van der Waals surface area (Å²) in [7, 11) is 0. The molecule has 0 heterocycles. The number of amidine groups is 1. The first-order chi connectivity index (χ1) is 24.3. The van der Waals surface area contributed by atoms with E-state index in [1.165, 1.54) is 0 Å². The molecule has 0 fully saturated rings. The summed E-state index contributed by atoms with van der Waals surface area (Å²) in [6.45, 7) is 0.622. The maximum Gasteiger partial charge on any atom is 0.304 e. The minimum absolute atomic E-state index is 0.0628. The van der Waals surface area contributed by atoms with Gasteiger partial charge in [-0.15, -0.1) is 0 Å². The molecule has 0 radical (unpaired) electrons. The molecule has 14 heteroatoms. The number of nitrogens with zero attached hydrogens (tertiary/aromatic N) is 4. The summed E-state index contributed by atoms with van der Waals surface area (Å²) >= 11 is 0. The number of carbonyl (C=O) groups is 2. The van der Waals surface area contributed by atoms with Gasteiger partial charge in [-0.2, -0.15) is 5.26 Å². The van der Waals surface area contributed by atoms with Crippen molar-refractivity contribution in [2.75, 3.05) is 6.54 Å². The molecule has 0 aromatic heterocycles. The van der Waals surface area contributed by atoms with Gasteiger partial charge >= 0.3 is 6.02 Å². The topological polar surface area (TPSA) is 209 Å². The number of aliphatic imine (C=N–C) groups is 1. The zero-order valence-electron chi connectivity index (χ0n) is 27.1. The summed E-state index contributed by atoms with van der Waals surface area (Å²) in [6.07, 6.45) is 2.38. The number of nitrogens with one attached hydrogen (secondary N) is 4. The fourth-order valence-corrected chi connectivity index (χ4v) is 4.94. The van der Waals surface area contributed by atoms with Gasteiger partial charge in [0, 0.05) is 13.1 Å². The van der Waals surface area contributed by atoms with E-state index in [1.807, 2.05) is 109 Å². The van der Waals surface area contributed by atoms with Gasteiger partial charge in [0.2, 0.25) is 11.8 Å². The lowest BCUT2D eigenvalue weighted by Crippen LogP contribution is -2.48. The van der Waals surface area contributed by atoms with E-state index in [1.54, 1.807) is 12.1 Å². The molecule has 4 aromatic carbocycles. The molecule has 1 atom stereocenters. The number of nitro groups is 1. The number of carbonyl (C=O) groups excluding carboxylic acids is 2. The normalized spacial score (nSPS) is 11.9. The SMILES string of the molecule is N#CNC(=NCc1ccc(CNC(=O)[C@@H](CCCNC(N)=N[N+](=O)[O-])NC(=O)C(c2ccccc2)c2ccccc2)cc1)Oc1ccccc1. The first-order valence-electron chi connectivity index (χ1n) is 15.7. The number of benzene rings is 4. The lowest BCUT2D eigenvalue weighted by atomic mass is 9.90. The van der Waals surface area contributed by atoms with Gasteiger partial charge in [-0.05, 0) is 47.2 Å². The van der Waals surface area contributed by atoms with Gasteiger partial charge in [0.1, 0.15) is 16.9 Å². The number of hydrazone groups is 1. The van der Waals surface area contributed by atoms with Crippen LogP contribution in [-0.2, 0) is 22.7 Å². The van der Waals surface area contributed by atoms with E-state index >= 15 is 0 Å². The fourth-order valence-electron chi connectivity index (χ4n) is 4.94. The molecule has 14 nitrogen and oxygen atoms in total. The summed E-state index contributed by atoms with van der Waals surface area (Å²) in [5.74, 6) is -1.23. The number of nitriles is 1. The molecular formula is C36H37N9O5. The lowest BCUT2D eigenvalue weighted by Gasteiger charge is -2.23. The Morgan fingerprint density at radius 3 is 2.00 bits per heavy atom. The summed E-state index contributed by atoms with van der Waals surface area (Å²) in [6, 6.07) is 34.1. The van der Waals surface area contributed by atoms with E-state index in [0.29, 0.717) is 12.2 Å². The number of guanidine groups is 1. The number of nitrogens with two attached hydrogens (primary N) is 1. The summed E-state index contributed by atoms with van der Waals surface area (Å²) in [5.41, 5.74) is 8.72. The van der Waals surface area contributed by atoms with Gasteiger partial charge in [-0.1, -0.05) is 103 Å². The summed E-state index contributed by atoms with van der Waals surface area (Å²) in [5, 5.41) is 32.7. The second-order valence-corrected chi connectivity index (χ2v) is 10.9. The van der Waals surface area contributed by atoms with Crippen LogP contribution in [0.1, 0.15) is 41.0 Å². The molecule has 0 bridgehead atoms. The summed E-state index contributed by atoms with van der Waals surface area (Å²) < 4.78 is 5.64. The zero-order valence-corrected chi connectivity index (χ0v) is 27.1. The molecule has 0 saturated heterocycles. The van der Waals surface area contributed by atoms with Gasteiger partial charge in [0.05, 0.1) is 12.5 Å². The predicted octanol–water partition coefficient (Wildman–Crippen LogP) is 3.50. The monoisotopic (exact) mass is 675 g/mol. The van der Waals surface area contributed by atoms with Crippen molar-refractivity contribution in [2.45, 2.75) is 37.9 Å². The largest absolute Gasteiger partial charge is 0.425 e. The number of para-hydroxylation sites is 1. The van der Waals surface area contributed by atoms with Crippen molar-refractivity contribution in [2.24, 2.45) is 15.8 Å². The van der Waals surface area contributed by atoms with Crippen LogP contribution in [0.4, 0.5) is 0 Å². The third kappa shape index (κ3) is 11.8. The standard InChI is InChI=1S/C36H37N9O5/c37-25-42-36(50-30-15-8-3-9-16-30)41-24-27-20-18-26(19-21-27)23-40-33(46)31(17-10-22-39-35(38)44-45(48)49)43-34(47)32(28-11-4-1-5-12-28)29-13-6-2-7-14-29/h1-9,11-16,18-21,31-32H,10,17,22-24H2,(H,40,46)(H,41,42)(H,43,47)(H3,38,39,44)/t31-/m1/s1. The third-order valence-corrected chi connectivity index (χ3v) is 7.34. The van der Waals surface area contributed by atoms with Crippen LogP contribution in [0, 0.1) is 21.6 Å². The van der Waals surface area contributed by atoms with Crippen molar-refractivity contribution in [3.8, 4) is 11.9 Å². The number of hydrogen-bond acceptors (Lipinski definition) is 7. The van der Waals surface area contributed by atoms with Crippen molar-refractivity contribution in [1.29, 1.82) is 5.26 Å². The Bertz CT molecular complexity index is 1760. The average molecular weight is 676 g/mol. The average Bonchev–Trinajstić information content (AvgIpc) is 3.12. The molecule has 0 saturated carbocycles. The van der Waals surface area contributed by atoms with Crippen LogP contribution in [0.3, 0.4) is 0 Å². The molecular weight excluding hydrogens is 638 g/mol. The Labute approximate surface area is 289 Å². The molecule has 50 heavy (non-hydrogen) atoms. The van der Waals surface area contributed by atoms with Gasteiger partial charge in [-0.25, -0.2) is 20.4 Å². The maximum atomic E-state index is 13.8. The predicted molar refractivity (Wildman–Crippen MR) is 188 cm³/mol. The maximum absolute atomic E-state index is 13.8. The molecule has 4 aromatic rings. The highest BCUT2D eigenvalue weighted by Gasteiger charge is 2.27. The van der Waals surface area contributed by atoms with E-state index in [9.17, 15) is 19.7 Å². The Kier molecular flexibility index (Phi) is 13.8. The van der Waals surface area contributed by atoms with Gasteiger partial charge in [0.15, 0.2) is 11.2 Å². The van der Waals surface area contributed by atoms with Crippen molar-refractivity contribution in [3.63, 3.8) is 0 Å². The molecule has 4 rings (SSSR count). The first-order valence-corrected chi connectivity index (χ1v) is 15.7. The van der Waals surface area contributed by atoms with Crippen molar-refractivity contribution >= 4 is 23.8 Å². The molecule has 2 amide bonds. The van der Waals surface area contributed by atoms with Crippen LogP contribution in [-0.4, -0.2) is 41.4 Å². The molecule has 256 valence electrons. The molecule has 0 aliphatic rings. The molecule has 0 aliphatic carbocycles. The number of hydrogen-bond donors (Lipinski definition) is 5. The number of ether oxygens (including phenoxy) is 1. The van der Waals surface area contributed by atoms with Crippen molar-refractivity contribution in [1.82, 2.24) is 21.3 Å². The van der Waals surface area contributed by atoms with Gasteiger partial charge < -0.3 is 26.4 Å². The third-order valence-electron chi connectivity index (χ3n) is 7.34. The van der Waals surface area contributed by atoms with Crippen LogP contribution in [0.25, 0.3) is 0 Å². The molecule has 0 unspecified atom stereocenters. The minimum Gasteiger partial charge on any atom is -0.425 e. The van der Waals surface area contributed by atoms with Gasteiger partial charge in [-0.3, -0.25) is 9.59 Å². The number of rotatable bonds is 15. The summed E-state index contributed by atoms with van der Waals surface area (Å²) in [4.78, 5) is 42.3. The Balaban J connectivity index is 1.42. The Morgan fingerprint density at radius 2 is 1.42 bits per heavy atom. The van der Waals surface area contributed by atoms with Crippen molar-refractivity contribution in [3.05, 3.63) is 148 Å².